The number of hydrogen-bond donors (Lipinski definition) is 2. The second-order valence-electron chi connectivity index (χ2n) is 5.22. The standard InChI is InChI=1S/C18H24N2O2/c1-2-22-13-3-4-17(21)10-9-15-5-7-16(8-6-15)14-18-19-11-12-20-18/h5-12,17,21H,2-4,13-14H2,1H3,(H,19,20)/b10-9+. The van der Waals surface area contributed by atoms with E-state index in [4.69, 9.17) is 4.74 Å². The fourth-order valence-electron chi connectivity index (χ4n) is 2.19. The maximum Gasteiger partial charge on any atom is 0.110 e. The molecule has 2 rings (SSSR count). The van der Waals surface area contributed by atoms with E-state index in [1.54, 1.807) is 6.20 Å². The molecule has 0 radical (unpaired) electrons. The van der Waals surface area contributed by atoms with Crippen molar-refractivity contribution in [1.29, 1.82) is 0 Å². The van der Waals surface area contributed by atoms with E-state index < -0.39 is 6.10 Å². The molecule has 2 N–H and O–H groups in total. The lowest BCUT2D eigenvalue weighted by atomic mass is 10.1. The highest BCUT2D eigenvalue weighted by molar-refractivity contribution is 5.50. The van der Waals surface area contributed by atoms with E-state index in [2.05, 4.69) is 34.2 Å². The second-order valence-corrected chi connectivity index (χ2v) is 5.22. The highest BCUT2D eigenvalue weighted by Gasteiger charge is 2.00. The largest absolute Gasteiger partial charge is 0.389 e. The van der Waals surface area contributed by atoms with Crippen LogP contribution in [0.2, 0.25) is 0 Å². The minimum Gasteiger partial charge on any atom is -0.389 e. The van der Waals surface area contributed by atoms with Gasteiger partial charge in [-0.15, -0.1) is 0 Å². The summed E-state index contributed by atoms with van der Waals surface area (Å²) in [5.41, 5.74) is 2.30. The third-order valence-electron chi connectivity index (χ3n) is 3.41. The zero-order valence-corrected chi connectivity index (χ0v) is 13.0. The molecule has 0 fully saturated rings. The van der Waals surface area contributed by atoms with Crippen molar-refractivity contribution in [2.45, 2.75) is 32.3 Å². The van der Waals surface area contributed by atoms with E-state index >= 15 is 0 Å². The van der Waals surface area contributed by atoms with E-state index in [0.29, 0.717) is 6.61 Å². The summed E-state index contributed by atoms with van der Waals surface area (Å²) in [5, 5.41) is 9.88. The van der Waals surface area contributed by atoms with Crippen LogP contribution < -0.4 is 0 Å². The highest BCUT2D eigenvalue weighted by atomic mass is 16.5. The molecule has 1 heterocycles. The van der Waals surface area contributed by atoms with Crippen molar-refractivity contribution in [2.75, 3.05) is 13.2 Å². The van der Waals surface area contributed by atoms with Crippen molar-refractivity contribution >= 4 is 6.08 Å². The van der Waals surface area contributed by atoms with E-state index in [1.807, 2.05) is 25.3 Å². The summed E-state index contributed by atoms with van der Waals surface area (Å²) >= 11 is 0. The second kappa shape index (κ2) is 9.18. The normalized spacial score (nSPS) is 12.8. The van der Waals surface area contributed by atoms with Crippen LogP contribution in [0.4, 0.5) is 0 Å². The van der Waals surface area contributed by atoms with Gasteiger partial charge in [0.1, 0.15) is 5.82 Å². The van der Waals surface area contributed by atoms with Gasteiger partial charge in [-0.1, -0.05) is 36.4 Å². The number of benzene rings is 1. The molecule has 0 aliphatic carbocycles. The first-order chi connectivity index (χ1) is 10.8. The molecule has 1 unspecified atom stereocenters. The fraction of sp³-hybridized carbons (Fsp3) is 0.389. The zero-order chi connectivity index (χ0) is 15.6. The van der Waals surface area contributed by atoms with Gasteiger partial charge in [-0.2, -0.15) is 0 Å². The van der Waals surface area contributed by atoms with Crippen LogP contribution in [0.15, 0.2) is 42.7 Å². The first-order valence-corrected chi connectivity index (χ1v) is 7.79. The summed E-state index contributed by atoms with van der Waals surface area (Å²) in [6, 6.07) is 8.29. The lowest BCUT2D eigenvalue weighted by Crippen LogP contribution is -2.04. The topological polar surface area (TPSA) is 58.1 Å². The molecular weight excluding hydrogens is 276 g/mol. The lowest BCUT2D eigenvalue weighted by Gasteiger charge is -2.05. The van der Waals surface area contributed by atoms with Crippen molar-refractivity contribution in [1.82, 2.24) is 9.97 Å². The van der Waals surface area contributed by atoms with E-state index in [1.165, 1.54) is 5.56 Å². The SMILES string of the molecule is CCOCCCC(O)/C=C/c1ccc(Cc2ncc[nH]2)cc1. The summed E-state index contributed by atoms with van der Waals surface area (Å²) in [6.07, 6.45) is 9.39. The Labute approximate surface area is 131 Å². The number of nitrogens with zero attached hydrogens (tertiary/aromatic N) is 1. The maximum absolute atomic E-state index is 9.88. The molecule has 0 amide bonds. The van der Waals surface area contributed by atoms with Crippen molar-refractivity contribution in [3.63, 3.8) is 0 Å². The molecule has 1 aromatic carbocycles. The molecule has 1 aromatic heterocycles. The van der Waals surface area contributed by atoms with Gasteiger partial charge in [0, 0.05) is 32.0 Å². The smallest absolute Gasteiger partial charge is 0.110 e. The van der Waals surface area contributed by atoms with Gasteiger partial charge in [-0.25, -0.2) is 4.98 Å². The summed E-state index contributed by atoms with van der Waals surface area (Å²) in [7, 11) is 0. The lowest BCUT2D eigenvalue weighted by molar-refractivity contribution is 0.128. The number of hydrogen-bond acceptors (Lipinski definition) is 3. The van der Waals surface area contributed by atoms with Crippen LogP contribution in [0.1, 0.15) is 36.7 Å². The summed E-state index contributed by atoms with van der Waals surface area (Å²) in [5.74, 6) is 0.966. The summed E-state index contributed by atoms with van der Waals surface area (Å²) in [4.78, 5) is 7.32. The van der Waals surface area contributed by atoms with Crippen molar-refractivity contribution in [2.24, 2.45) is 0 Å². The molecule has 0 aliphatic heterocycles. The number of aliphatic hydroxyl groups is 1. The Hall–Kier alpha value is -1.91. The third-order valence-corrected chi connectivity index (χ3v) is 3.41. The Balaban J connectivity index is 1.79. The number of aromatic nitrogens is 2. The average Bonchev–Trinajstić information content (AvgIpc) is 3.04. The molecule has 0 saturated heterocycles. The van der Waals surface area contributed by atoms with E-state index in [-0.39, 0.29) is 0 Å². The zero-order valence-electron chi connectivity index (χ0n) is 13.0. The number of nitrogens with one attached hydrogen (secondary N) is 1. The Bertz CT molecular complexity index is 547. The monoisotopic (exact) mass is 300 g/mol. The molecule has 2 aromatic rings. The predicted octanol–water partition coefficient (Wildman–Crippen LogP) is 3.19. The predicted molar refractivity (Wildman–Crippen MR) is 88.6 cm³/mol. The third kappa shape index (κ3) is 5.84. The number of aliphatic hydroxyl groups excluding tert-OH is 1. The van der Waals surface area contributed by atoms with Crippen molar-refractivity contribution in [3.05, 3.63) is 59.7 Å². The molecule has 0 bridgehead atoms. The van der Waals surface area contributed by atoms with Gasteiger partial charge in [-0.3, -0.25) is 0 Å². The first-order valence-electron chi connectivity index (χ1n) is 7.79. The molecule has 1 atom stereocenters. The van der Waals surface area contributed by atoms with Crippen LogP contribution >= 0.6 is 0 Å². The molecule has 22 heavy (non-hydrogen) atoms. The van der Waals surface area contributed by atoms with E-state index in [9.17, 15) is 5.11 Å². The summed E-state index contributed by atoms with van der Waals surface area (Å²) < 4.78 is 5.26. The van der Waals surface area contributed by atoms with Gasteiger partial charge in [0.15, 0.2) is 0 Å². The molecule has 118 valence electrons. The summed E-state index contributed by atoms with van der Waals surface area (Å²) in [6.45, 7) is 3.42. The van der Waals surface area contributed by atoms with Gasteiger partial charge in [0.25, 0.3) is 0 Å². The van der Waals surface area contributed by atoms with E-state index in [0.717, 1.165) is 37.3 Å². The average molecular weight is 300 g/mol. The van der Waals surface area contributed by atoms with Gasteiger partial charge in [0.2, 0.25) is 0 Å². The Morgan fingerprint density at radius 3 is 2.82 bits per heavy atom. The number of ether oxygens (including phenoxy) is 1. The molecule has 4 heteroatoms. The number of H-pyrrole nitrogens is 1. The van der Waals surface area contributed by atoms with Crippen LogP contribution in [-0.2, 0) is 11.2 Å². The van der Waals surface area contributed by atoms with Gasteiger partial charge in [0.05, 0.1) is 6.10 Å². The molecule has 4 nitrogen and oxygen atoms in total. The molecule has 0 spiro atoms. The Morgan fingerprint density at radius 1 is 1.32 bits per heavy atom. The number of aromatic amines is 1. The van der Waals surface area contributed by atoms with Gasteiger partial charge in [-0.05, 0) is 30.9 Å². The van der Waals surface area contributed by atoms with Crippen molar-refractivity contribution < 1.29 is 9.84 Å². The van der Waals surface area contributed by atoms with Gasteiger partial charge < -0.3 is 14.8 Å². The van der Waals surface area contributed by atoms with Crippen LogP contribution in [0.3, 0.4) is 0 Å². The minimum atomic E-state index is -0.414. The molecule has 0 saturated carbocycles. The van der Waals surface area contributed by atoms with Gasteiger partial charge >= 0.3 is 0 Å². The highest BCUT2D eigenvalue weighted by Crippen LogP contribution is 2.10. The number of imidazole rings is 1. The van der Waals surface area contributed by atoms with Crippen molar-refractivity contribution in [3.8, 4) is 0 Å². The molecular formula is C18H24N2O2. The van der Waals surface area contributed by atoms with Crippen LogP contribution in [-0.4, -0.2) is 34.4 Å². The minimum absolute atomic E-state index is 0.414. The fourth-order valence-corrected chi connectivity index (χ4v) is 2.19. The number of rotatable bonds is 9. The first kappa shape index (κ1) is 16.5. The Morgan fingerprint density at radius 2 is 2.14 bits per heavy atom. The quantitative estimate of drug-likeness (QED) is 0.699. The van der Waals surface area contributed by atoms with Crippen LogP contribution in [0, 0.1) is 0 Å². The molecule has 0 aliphatic rings. The van der Waals surface area contributed by atoms with Crippen LogP contribution in [0.5, 0.6) is 0 Å². The Kier molecular flexibility index (Phi) is 6.87. The van der Waals surface area contributed by atoms with Crippen LogP contribution in [0.25, 0.3) is 6.08 Å². The maximum atomic E-state index is 9.88.